The Morgan fingerprint density at radius 1 is 1.30 bits per heavy atom. The van der Waals surface area contributed by atoms with Crippen LogP contribution in [0.1, 0.15) is 24.3 Å². The number of aliphatic carboxylic acids is 1. The SMILES string of the molecule is CC(NC(=O)c1cc2ccc(Br)cc2[nH]1)C(C)C(=O)O. The van der Waals surface area contributed by atoms with E-state index < -0.39 is 17.9 Å². The number of benzene rings is 1. The summed E-state index contributed by atoms with van der Waals surface area (Å²) < 4.78 is 0.923. The maximum atomic E-state index is 12.1. The molecule has 0 saturated heterocycles. The molecule has 106 valence electrons. The topological polar surface area (TPSA) is 82.2 Å². The molecule has 0 spiro atoms. The Balaban J connectivity index is 2.17. The zero-order valence-electron chi connectivity index (χ0n) is 11.1. The second-order valence-electron chi connectivity index (χ2n) is 4.80. The Morgan fingerprint density at radius 3 is 2.65 bits per heavy atom. The Kier molecular flexibility index (Phi) is 4.13. The zero-order valence-corrected chi connectivity index (χ0v) is 12.7. The minimum Gasteiger partial charge on any atom is -0.481 e. The van der Waals surface area contributed by atoms with Crippen LogP contribution in [0.2, 0.25) is 0 Å². The summed E-state index contributed by atoms with van der Waals surface area (Å²) in [5.74, 6) is -1.88. The number of hydrogen-bond acceptors (Lipinski definition) is 2. The molecule has 0 bridgehead atoms. The molecule has 6 heteroatoms. The van der Waals surface area contributed by atoms with Crippen molar-refractivity contribution >= 4 is 38.7 Å². The maximum Gasteiger partial charge on any atom is 0.308 e. The Labute approximate surface area is 124 Å². The predicted octanol–water partition coefficient (Wildman–Crippen LogP) is 2.77. The molecule has 0 saturated carbocycles. The fraction of sp³-hybridized carbons (Fsp3) is 0.286. The second-order valence-corrected chi connectivity index (χ2v) is 5.72. The molecule has 2 atom stereocenters. The standard InChI is InChI=1S/C14H15BrN2O3/c1-7(14(19)20)8(2)16-13(18)12-5-9-3-4-10(15)6-11(9)17-12/h3-8,17H,1-2H3,(H,16,18)(H,19,20). The van der Waals surface area contributed by atoms with E-state index in [1.165, 1.54) is 0 Å². The molecule has 1 aromatic heterocycles. The van der Waals surface area contributed by atoms with Crippen LogP contribution in [-0.2, 0) is 4.79 Å². The lowest BCUT2D eigenvalue weighted by molar-refractivity contribution is -0.141. The molecular weight excluding hydrogens is 324 g/mol. The third-order valence-electron chi connectivity index (χ3n) is 3.33. The molecule has 20 heavy (non-hydrogen) atoms. The molecule has 0 aliphatic carbocycles. The largest absolute Gasteiger partial charge is 0.481 e. The molecule has 0 aliphatic rings. The van der Waals surface area contributed by atoms with Crippen molar-refractivity contribution in [1.29, 1.82) is 0 Å². The molecule has 5 nitrogen and oxygen atoms in total. The van der Waals surface area contributed by atoms with Crippen LogP contribution in [0.25, 0.3) is 10.9 Å². The zero-order chi connectivity index (χ0) is 14.9. The Bertz CT molecular complexity index is 665. The summed E-state index contributed by atoms with van der Waals surface area (Å²) >= 11 is 3.37. The van der Waals surface area contributed by atoms with Crippen LogP contribution < -0.4 is 5.32 Å². The van der Waals surface area contributed by atoms with E-state index in [-0.39, 0.29) is 5.91 Å². The van der Waals surface area contributed by atoms with Gasteiger partial charge in [-0.15, -0.1) is 0 Å². The normalized spacial score (nSPS) is 13.9. The van der Waals surface area contributed by atoms with Crippen LogP contribution in [0, 0.1) is 5.92 Å². The number of hydrogen-bond donors (Lipinski definition) is 3. The lowest BCUT2D eigenvalue weighted by atomic mass is 10.0. The van der Waals surface area contributed by atoms with Crippen molar-refractivity contribution in [2.75, 3.05) is 0 Å². The molecule has 1 aromatic carbocycles. The van der Waals surface area contributed by atoms with Gasteiger partial charge in [0, 0.05) is 21.4 Å². The highest BCUT2D eigenvalue weighted by Gasteiger charge is 2.22. The minimum atomic E-state index is -0.932. The van der Waals surface area contributed by atoms with Gasteiger partial charge >= 0.3 is 5.97 Å². The van der Waals surface area contributed by atoms with E-state index >= 15 is 0 Å². The molecule has 2 rings (SSSR count). The average Bonchev–Trinajstić information content (AvgIpc) is 2.80. The van der Waals surface area contributed by atoms with E-state index in [0.717, 1.165) is 15.4 Å². The molecule has 0 aliphatic heterocycles. The third-order valence-corrected chi connectivity index (χ3v) is 3.82. The van der Waals surface area contributed by atoms with E-state index in [1.807, 2.05) is 18.2 Å². The fourth-order valence-electron chi connectivity index (χ4n) is 1.85. The quantitative estimate of drug-likeness (QED) is 0.801. The second kappa shape index (κ2) is 5.66. The van der Waals surface area contributed by atoms with Gasteiger partial charge in [-0.25, -0.2) is 0 Å². The van der Waals surface area contributed by atoms with E-state index in [1.54, 1.807) is 19.9 Å². The number of aromatic nitrogens is 1. The van der Waals surface area contributed by atoms with Gasteiger partial charge in [-0.05, 0) is 32.0 Å². The van der Waals surface area contributed by atoms with Gasteiger partial charge in [0.2, 0.25) is 0 Å². The van der Waals surface area contributed by atoms with Crippen LogP contribution in [0.5, 0.6) is 0 Å². The summed E-state index contributed by atoms with van der Waals surface area (Å²) in [5.41, 5.74) is 1.27. The molecule has 2 unspecified atom stereocenters. The van der Waals surface area contributed by atoms with Gasteiger partial charge in [0.05, 0.1) is 5.92 Å². The number of aromatic amines is 1. The summed E-state index contributed by atoms with van der Waals surface area (Å²) in [7, 11) is 0. The number of fused-ring (bicyclic) bond motifs is 1. The molecule has 0 fully saturated rings. The first-order chi connectivity index (χ1) is 9.38. The molecule has 1 heterocycles. The molecule has 1 amide bonds. The van der Waals surface area contributed by atoms with Gasteiger partial charge in [-0.2, -0.15) is 0 Å². The molecular formula is C14H15BrN2O3. The van der Waals surface area contributed by atoms with Gasteiger partial charge in [0.25, 0.3) is 5.91 Å². The average molecular weight is 339 g/mol. The van der Waals surface area contributed by atoms with Gasteiger partial charge in [-0.1, -0.05) is 22.0 Å². The van der Waals surface area contributed by atoms with Crippen LogP contribution >= 0.6 is 15.9 Å². The first-order valence-corrected chi connectivity index (χ1v) is 6.99. The lowest BCUT2D eigenvalue weighted by Crippen LogP contribution is -2.40. The summed E-state index contributed by atoms with van der Waals surface area (Å²) in [6, 6.07) is 6.98. The van der Waals surface area contributed by atoms with E-state index in [2.05, 4.69) is 26.2 Å². The third kappa shape index (κ3) is 3.01. The number of rotatable bonds is 4. The van der Waals surface area contributed by atoms with Crippen molar-refractivity contribution < 1.29 is 14.7 Å². The highest BCUT2D eigenvalue weighted by Crippen LogP contribution is 2.20. The number of nitrogens with one attached hydrogen (secondary N) is 2. The first-order valence-electron chi connectivity index (χ1n) is 6.20. The van der Waals surface area contributed by atoms with Crippen molar-refractivity contribution in [3.8, 4) is 0 Å². The number of carboxylic acids is 1. The number of carbonyl (C=O) groups is 2. The number of carboxylic acid groups (broad SMARTS) is 1. The van der Waals surface area contributed by atoms with Crippen molar-refractivity contribution in [3.05, 3.63) is 34.4 Å². The van der Waals surface area contributed by atoms with Crippen molar-refractivity contribution in [2.45, 2.75) is 19.9 Å². The molecule has 3 N–H and O–H groups in total. The number of H-pyrrole nitrogens is 1. The van der Waals surface area contributed by atoms with Crippen molar-refractivity contribution in [2.24, 2.45) is 5.92 Å². The molecule has 0 radical (unpaired) electrons. The van der Waals surface area contributed by atoms with Crippen molar-refractivity contribution in [1.82, 2.24) is 10.3 Å². The van der Waals surface area contributed by atoms with Crippen LogP contribution in [0.15, 0.2) is 28.7 Å². The Hall–Kier alpha value is -1.82. The summed E-state index contributed by atoms with van der Waals surface area (Å²) in [6.07, 6.45) is 0. The predicted molar refractivity (Wildman–Crippen MR) is 79.7 cm³/mol. The summed E-state index contributed by atoms with van der Waals surface area (Å²) in [4.78, 5) is 26.0. The van der Waals surface area contributed by atoms with Crippen LogP contribution in [0.4, 0.5) is 0 Å². The van der Waals surface area contributed by atoms with E-state index in [0.29, 0.717) is 5.69 Å². The van der Waals surface area contributed by atoms with Crippen LogP contribution in [-0.4, -0.2) is 28.0 Å². The van der Waals surface area contributed by atoms with Crippen LogP contribution in [0.3, 0.4) is 0 Å². The number of halogens is 1. The minimum absolute atomic E-state index is 0.307. The smallest absolute Gasteiger partial charge is 0.308 e. The monoisotopic (exact) mass is 338 g/mol. The van der Waals surface area contributed by atoms with E-state index in [9.17, 15) is 9.59 Å². The summed E-state index contributed by atoms with van der Waals surface area (Å²) in [6.45, 7) is 3.24. The first kappa shape index (κ1) is 14.6. The van der Waals surface area contributed by atoms with Crippen molar-refractivity contribution in [3.63, 3.8) is 0 Å². The van der Waals surface area contributed by atoms with Gasteiger partial charge in [0.15, 0.2) is 0 Å². The highest BCUT2D eigenvalue weighted by molar-refractivity contribution is 9.10. The highest BCUT2D eigenvalue weighted by atomic mass is 79.9. The van der Waals surface area contributed by atoms with Gasteiger partial charge in [0.1, 0.15) is 5.69 Å². The van der Waals surface area contributed by atoms with Gasteiger partial charge in [-0.3, -0.25) is 9.59 Å². The number of amides is 1. The number of carbonyl (C=O) groups excluding carboxylic acids is 1. The lowest BCUT2D eigenvalue weighted by Gasteiger charge is -2.17. The Morgan fingerprint density at radius 2 is 2.00 bits per heavy atom. The van der Waals surface area contributed by atoms with E-state index in [4.69, 9.17) is 5.11 Å². The summed E-state index contributed by atoms with van der Waals surface area (Å²) in [5, 5.41) is 12.5. The fourth-order valence-corrected chi connectivity index (χ4v) is 2.21. The maximum absolute atomic E-state index is 12.1. The molecule has 2 aromatic rings. The van der Waals surface area contributed by atoms with Gasteiger partial charge < -0.3 is 15.4 Å².